The third kappa shape index (κ3) is 3.13. The minimum atomic E-state index is 0.822. The maximum absolute atomic E-state index is 5.23. The van der Waals surface area contributed by atoms with Gasteiger partial charge in [-0.2, -0.15) is 0 Å². The van der Waals surface area contributed by atoms with Crippen LogP contribution in [0.1, 0.15) is 6.92 Å². The number of nitrogens with zero attached hydrogens (tertiary/aromatic N) is 3. The first-order valence-electron chi connectivity index (χ1n) is 6.18. The molecule has 0 fully saturated rings. The second kappa shape index (κ2) is 6.04. The summed E-state index contributed by atoms with van der Waals surface area (Å²) in [6.07, 6.45) is 1.56. The highest BCUT2D eigenvalue weighted by atomic mass is 16.5. The lowest BCUT2D eigenvalue weighted by molar-refractivity contribution is 0.415. The van der Waals surface area contributed by atoms with Gasteiger partial charge in [0.1, 0.15) is 23.7 Å². The van der Waals surface area contributed by atoms with Crippen LogP contribution >= 0.6 is 0 Å². The molecule has 1 aromatic carbocycles. The molecule has 0 bridgehead atoms. The molecule has 100 valence electrons. The van der Waals surface area contributed by atoms with Gasteiger partial charge in [-0.15, -0.1) is 0 Å². The molecule has 0 amide bonds. The van der Waals surface area contributed by atoms with Crippen LogP contribution in [-0.4, -0.2) is 30.7 Å². The second-order valence-electron chi connectivity index (χ2n) is 4.05. The van der Waals surface area contributed by atoms with Crippen molar-refractivity contribution in [3.8, 4) is 5.75 Å². The van der Waals surface area contributed by atoms with Gasteiger partial charge in [-0.1, -0.05) is 6.07 Å². The van der Waals surface area contributed by atoms with Crippen LogP contribution in [0.15, 0.2) is 36.7 Å². The van der Waals surface area contributed by atoms with Crippen molar-refractivity contribution in [1.82, 2.24) is 9.97 Å². The fourth-order valence-corrected chi connectivity index (χ4v) is 1.76. The van der Waals surface area contributed by atoms with Gasteiger partial charge in [0, 0.05) is 31.4 Å². The third-order valence-corrected chi connectivity index (χ3v) is 2.79. The Morgan fingerprint density at radius 1 is 1.26 bits per heavy atom. The fourth-order valence-electron chi connectivity index (χ4n) is 1.76. The van der Waals surface area contributed by atoms with Gasteiger partial charge < -0.3 is 15.0 Å². The van der Waals surface area contributed by atoms with Crippen LogP contribution in [0.25, 0.3) is 0 Å². The molecule has 0 radical (unpaired) electrons. The highest BCUT2D eigenvalue weighted by Crippen LogP contribution is 2.25. The van der Waals surface area contributed by atoms with Crippen molar-refractivity contribution in [3.63, 3.8) is 0 Å². The van der Waals surface area contributed by atoms with Gasteiger partial charge in [0.25, 0.3) is 0 Å². The Morgan fingerprint density at radius 3 is 2.84 bits per heavy atom. The smallest absolute Gasteiger partial charge is 0.138 e. The molecule has 19 heavy (non-hydrogen) atoms. The lowest BCUT2D eigenvalue weighted by Crippen LogP contribution is -2.12. The van der Waals surface area contributed by atoms with Crippen molar-refractivity contribution in [3.05, 3.63) is 36.7 Å². The largest absolute Gasteiger partial charge is 0.497 e. The molecule has 0 aliphatic carbocycles. The molecule has 0 spiro atoms. The summed E-state index contributed by atoms with van der Waals surface area (Å²) in [5, 5.41) is 3.17. The standard InChI is InChI=1S/C14H18N4O/c1-4-15-13-9-14(17-10-16-13)18(2)11-6-5-7-12(8-11)19-3/h5-10H,4H2,1-3H3,(H,15,16,17). The molecular formula is C14H18N4O. The summed E-state index contributed by atoms with van der Waals surface area (Å²) in [7, 11) is 3.62. The Hall–Kier alpha value is -2.30. The van der Waals surface area contributed by atoms with Crippen LogP contribution in [0.4, 0.5) is 17.3 Å². The first kappa shape index (κ1) is 13.1. The summed E-state index contributed by atoms with van der Waals surface area (Å²) < 4.78 is 5.23. The predicted octanol–water partition coefficient (Wildman–Crippen LogP) is 2.68. The molecule has 0 aliphatic rings. The fraction of sp³-hybridized carbons (Fsp3) is 0.286. The van der Waals surface area contributed by atoms with E-state index in [0.717, 1.165) is 29.6 Å². The van der Waals surface area contributed by atoms with Gasteiger partial charge in [0.15, 0.2) is 0 Å². The molecule has 1 N–H and O–H groups in total. The summed E-state index contributed by atoms with van der Waals surface area (Å²) in [4.78, 5) is 10.4. The minimum absolute atomic E-state index is 0.822. The molecule has 0 saturated heterocycles. The van der Waals surface area contributed by atoms with Gasteiger partial charge in [0.2, 0.25) is 0 Å². The van der Waals surface area contributed by atoms with Crippen molar-refractivity contribution in [2.24, 2.45) is 0 Å². The van der Waals surface area contributed by atoms with Crippen LogP contribution in [0.2, 0.25) is 0 Å². The van der Waals surface area contributed by atoms with E-state index < -0.39 is 0 Å². The van der Waals surface area contributed by atoms with Crippen LogP contribution in [-0.2, 0) is 0 Å². The molecule has 0 saturated carbocycles. The molecule has 1 heterocycles. The summed E-state index contributed by atoms with van der Waals surface area (Å²) in [6.45, 7) is 2.87. The number of rotatable bonds is 5. The first-order valence-corrected chi connectivity index (χ1v) is 6.18. The summed E-state index contributed by atoms with van der Waals surface area (Å²) in [6, 6.07) is 9.77. The van der Waals surface area contributed by atoms with E-state index in [0.29, 0.717) is 0 Å². The van der Waals surface area contributed by atoms with Crippen molar-refractivity contribution < 1.29 is 4.74 Å². The summed E-state index contributed by atoms with van der Waals surface area (Å²) >= 11 is 0. The van der Waals surface area contributed by atoms with Crippen LogP contribution < -0.4 is 15.0 Å². The van der Waals surface area contributed by atoms with Crippen molar-refractivity contribution >= 4 is 17.3 Å². The molecule has 1 aromatic heterocycles. The van der Waals surface area contributed by atoms with Gasteiger partial charge >= 0.3 is 0 Å². The number of aromatic nitrogens is 2. The number of ether oxygens (including phenoxy) is 1. The van der Waals surface area contributed by atoms with Crippen LogP contribution in [0, 0.1) is 0 Å². The maximum Gasteiger partial charge on any atom is 0.138 e. The van der Waals surface area contributed by atoms with Gasteiger partial charge in [-0.25, -0.2) is 9.97 Å². The zero-order valence-electron chi connectivity index (χ0n) is 11.4. The monoisotopic (exact) mass is 258 g/mol. The zero-order valence-corrected chi connectivity index (χ0v) is 11.4. The van der Waals surface area contributed by atoms with Crippen molar-refractivity contribution in [1.29, 1.82) is 0 Å². The van der Waals surface area contributed by atoms with E-state index in [1.54, 1.807) is 13.4 Å². The van der Waals surface area contributed by atoms with Gasteiger partial charge in [0.05, 0.1) is 7.11 Å². The van der Waals surface area contributed by atoms with E-state index in [1.807, 2.05) is 49.2 Å². The highest BCUT2D eigenvalue weighted by Gasteiger charge is 2.07. The van der Waals surface area contributed by atoms with E-state index in [2.05, 4.69) is 15.3 Å². The van der Waals surface area contributed by atoms with Crippen molar-refractivity contribution in [2.75, 3.05) is 30.9 Å². The number of methoxy groups -OCH3 is 1. The predicted molar refractivity (Wildman–Crippen MR) is 77.3 cm³/mol. The van der Waals surface area contributed by atoms with E-state index in [9.17, 15) is 0 Å². The summed E-state index contributed by atoms with van der Waals surface area (Å²) in [5.74, 6) is 2.48. The molecule has 5 heteroatoms. The van der Waals surface area contributed by atoms with Gasteiger partial charge in [-0.05, 0) is 19.1 Å². The molecular weight excluding hydrogens is 240 g/mol. The number of hydrogen-bond acceptors (Lipinski definition) is 5. The number of nitrogens with one attached hydrogen (secondary N) is 1. The normalized spacial score (nSPS) is 10.1. The average molecular weight is 258 g/mol. The topological polar surface area (TPSA) is 50.3 Å². The number of anilines is 3. The zero-order chi connectivity index (χ0) is 13.7. The van der Waals surface area contributed by atoms with E-state index in [4.69, 9.17) is 4.74 Å². The van der Waals surface area contributed by atoms with E-state index >= 15 is 0 Å². The SMILES string of the molecule is CCNc1cc(N(C)c2cccc(OC)c2)ncn1. The number of hydrogen-bond donors (Lipinski definition) is 1. The second-order valence-corrected chi connectivity index (χ2v) is 4.05. The van der Waals surface area contributed by atoms with Crippen LogP contribution in [0.3, 0.4) is 0 Å². The first-order chi connectivity index (χ1) is 9.24. The molecule has 0 aliphatic heterocycles. The van der Waals surface area contributed by atoms with Crippen molar-refractivity contribution in [2.45, 2.75) is 6.92 Å². The molecule has 2 aromatic rings. The Bertz CT molecular complexity index is 544. The Balaban J connectivity index is 2.27. The number of benzene rings is 1. The molecule has 5 nitrogen and oxygen atoms in total. The third-order valence-electron chi connectivity index (χ3n) is 2.79. The Morgan fingerprint density at radius 2 is 2.11 bits per heavy atom. The minimum Gasteiger partial charge on any atom is -0.497 e. The Labute approximate surface area is 113 Å². The van der Waals surface area contributed by atoms with Crippen LogP contribution in [0.5, 0.6) is 5.75 Å². The molecule has 2 rings (SSSR count). The van der Waals surface area contributed by atoms with Gasteiger partial charge in [-0.3, -0.25) is 0 Å². The highest BCUT2D eigenvalue weighted by molar-refractivity contribution is 5.62. The summed E-state index contributed by atoms with van der Waals surface area (Å²) in [5.41, 5.74) is 1.01. The molecule has 0 atom stereocenters. The van der Waals surface area contributed by atoms with E-state index in [1.165, 1.54) is 0 Å². The lowest BCUT2D eigenvalue weighted by atomic mass is 10.3. The van der Waals surface area contributed by atoms with E-state index in [-0.39, 0.29) is 0 Å². The molecule has 0 unspecified atom stereocenters. The quantitative estimate of drug-likeness (QED) is 0.893. The average Bonchev–Trinajstić information content (AvgIpc) is 2.47. The Kier molecular flexibility index (Phi) is 4.18. The maximum atomic E-state index is 5.23. The lowest BCUT2D eigenvalue weighted by Gasteiger charge is -2.19.